The Balaban J connectivity index is 2.42. The zero-order chi connectivity index (χ0) is 11.4. The fourth-order valence-corrected chi connectivity index (χ4v) is 4.16. The minimum Gasteiger partial charge on any atom is -0.411 e. The van der Waals surface area contributed by atoms with Crippen LogP contribution in [0.4, 0.5) is 0 Å². The third-order valence-corrected chi connectivity index (χ3v) is 5.29. The molecule has 1 N–H and O–H groups in total. The fraction of sp³-hybridized carbons (Fsp3) is 0.917. The van der Waals surface area contributed by atoms with E-state index in [1.54, 1.807) is 0 Å². The molecule has 3 atom stereocenters. The highest BCUT2D eigenvalue weighted by Gasteiger charge is 2.67. The third kappa shape index (κ3) is 1.02. The molecular weight excluding hydrogens is 188 g/mol. The summed E-state index contributed by atoms with van der Waals surface area (Å²) in [5.74, 6) is 1.04. The van der Waals surface area contributed by atoms with Gasteiger partial charge in [-0.25, -0.2) is 0 Å². The summed E-state index contributed by atoms with van der Waals surface area (Å²) in [7, 11) is 4.30. The van der Waals surface area contributed by atoms with Crippen molar-refractivity contribution in [1.29, 1.82) is 0 Å². The van der Waals surface area contributed by atoms with Gasteiger partial charge >= 0.3 is 0 Å². The molecule has 3 saturated carbocycles. The van der Waals surface area contributed by atoms with E-state index in [2.05, 4.69) is 44.9 Å². The summed E-state index contributed by atoms with van der Waals surface area (Å²) in [5.41, 5.74) is 1.51. The van der Waals surface area contributed by atoms with E-state index in [4.69, 9.17) is 5.21 Å². The van der Waals surface area contributed by atoms with Crippen molar-refractivity contribution < 1.29 is 5.21 Å². The summed E-state index contributed by atoms with van der Waals surface area (Å²) in [5, 5.41) is 12.5. The van der Waals surface area contributed by atoms with Gasteiger partial charge in [-0.2, -0.15) is 0 Å². The minimum atomic E-state index is 0.192. The van der Waals surface area contributed by atoms with E-state index in [0.717, 1.165) is 12.1 Å². The molecule has 0 aromatic carbocycles. The van der Waals surface area contributed by atoms with Crippen LogP contribution in [0.15, 0.2) is 5.16 Å². The Bertz CT molecular complexity index is 309. The molecule has 3 heteroatoms. The van der Waals surface area contributed by atoms with Crippen molar-refractivity contribution in [2.45, 2.75) is 39.2 Å². The van der Waals surface area contributed by atoms with Gasteiger partial charge in [0, 0.05) is 11.5 Å². The van der Waals surface area contributed by atoms with Crippen LogP contribution in [0.3, 0.4) is 0 Å². The van der Waals surface area contributed by atoms with Crippen LogP contribution < -0.4 is 0 Å². The quantitative estimate of drug-likeness (QED) is 0.532. The molecule has 86 valence electrons. The van der Waals surface area contributed by atoms with E-state index in [1.807, 2.05) is 0 Å². The summed E-state index contributed by atoms with van der Waals surface area (Å²) in [6.07, 6.45) is 2.22. The van der Waals surface area contributed by atoms with Gasteiger partial charge in [-0.05, 0) is 38.3 Å². The van der Waals surface area contributed by atoms with Gasteiger partial charge in [0.15, 0.2) is 0 Å². The van der Waals surface area contributed by atoms with Crippen molar-refractivity contribution in [3.8, 4) is 0 Å². The van der Waals surface area contributed by atoms with E-state index in [1.165, 1.54) is 6.42 Å². The van der Waals surface area contributed by atoms with E-state index in [0.29, 0.717) is 17.3 Å². The topological polar surface area (TPSA) is 35.8 Å². The molecule has 0 aromatic rings. The molecule has 15 heavy (non-hydrogen) atoms. The molecule has 3 rings (SSSR count). The maximum absolute atomic E-state index is 9.04. The van der Waals surface area contributed by atoms with Crippen molar-refractivity contribution >= 4 is 5.71 Å². The maximum Gasteiger partial charge on any atom is 0.0620 e. The Hall–Kier alpha value is -0.570. The smallest absolute Gasteiger partial charge is 0.0620 e. The predicted molar refractivity (Wildman–Crippen MR) is 61.3 cm³/mol. The van der Waals surface area contributed by atoms with Crippen LogP contribution in [-0.4, -0.2) is 35.5 Å². The van der Waals surface area contributed by atoms with Crippen LogP contribution in [0.25, 0.3) is 0 Å². The first-order chi connectivity index (χ1) is 6.88. The molecule has 0 heterocycles. The van der Waals surface area contributed by atoms with Crippen molar-refractivity contribution in [3.63, 3.8) is 0 Å². The summed E-state index contributed by atoms with van der Waals surface area (Å²) < 4.78 is 0. The maximum atomic E-state index is 9.04. The van der Waals surface area contributed by atoms with Crippen LogP contribution in [-0.2, 0) is 0 Å². The highest BCUT2D eigenvalue weighted by atomic mass is 16.4. The highest BCUT2D eigenvalue weighted by Crippen LogP contribution is 2.65. The van der Waals surface area contributed by atoms with Crippen molar-refractivity contribution in [2.24, 2.45) is 22.4 Å². The summed E-state index contributed by atoms with van der Waals surface area (Å²) >= 11 is 0. The molecular formula is C12H22N2O. The predicted octanol–water partition coefficient (Wildman–Crippen LogP) is 2.20. The molecule has 3 nitrogen and oxygen atoms in total. The first-order valence-corrected chi connectivity index (χ1v) is 5.76. The largest absolute Gasteiger partial charge is 0.411 e. The van der Waals surface area contributed by atoms with E-state index < -0.39 is 0 Å². The van der Waals surface area contributed by atoms with E-state index in [-0.39, 0.29) is 5.54 Å². The van der Waals surface area contributed by atoms with Gasteiger partial charge in [0.25, 0.3) is 0 Å². The van der Waals surface area contributed by atoms with Gasteiger partial charge in [0.2, 0.25) is 0 Å². The number of fused-ring (bicyclic) bond motifs is 2. The van der Waals surface area contributed by atoms with Gasteiger partial charge in [-0.15, -0.1) is 0 Å². The summed E-state index contributed by atoms with van der Waals surface area (Å²) in [6.45, 7) is 6.91. The Kier molecular flexibility index (Phi) is 2.16. The number of hydrogen-bond donors (Lipinski definition) is 1. The van der Waals surface area contributed by atoms with Crippen molar-refractivity contribution in [3.05, 3.63) is 0 Å². The van der Waals surface area contributed by atoms with Gasteiger partial charge in [-0.1, -0.05) is 25.9 Å². The highest BCUT2D eigenvalue weighted by molar-refractivity contribution is 5.90. The van der Waals surface area contributed by atoms with Crippen molar-refractivity contribution in [1.82, 2.24) is 4.90 Å². The second-order valence-corrected chi connectivity index (χ2v) is 5.96. The molecule has 0 spiro atoms. The molecule has 0 aliphatic heterocycles. The van der Waals surface area contributed by atoms with Gasteiger partial charge in [0.05, 0.1) is 5.71 Å². The van der Waals surface area contributed by atoms with Gasteiger partial charge < -0.3 is 10.1 Å². The Morgan fingerprint density at radius 1 is 1.40 bits per heavy atom. The second kappa shape index (κ2) is 2.97. The van der Waals surface area contributed by atoms with E-state index >= 15 is 0 Å². The van der Waals surface area contributed by atoms with Crippen LogP contribution in [0.1, 0.15) is 33.6 Å². The molecule has 0 amide bonds. The minimum absolute atomic E-state index is 0.192. The Labute approximate surface area is 92.1 Å². The molecule has 3 fully saturated rings. The average Bonchev–Trinajstić information content (AvgIpc) is 2.16. The van der Waals surface area contributed by atoms with Crippen LogP contribution >= 0.6 is 0 Å². The van der Waals surface area contributed by atoms with Crippen LogP contribution in [0.2, 0.25) is 0 Å². The average molecular weight is 210 g/mol. The monoisotopic (exact) mass is 210 g/mol. The number of nitrogens with zero attached hydrogens (tertiary/aromatic N) is 2. The van der Waals surface area contributed by atoms with Gasteiger partial charge in [-0.3, -0.25) is 0 Å². The molecule has 3 aliphatic rings. The van der Waals surface area contributed by atoms with Gasteiger partial charge in [0.1, 0.15) is 0 Å². The number of rotatable bonds is 1. The summed E-state index contributed by atoms with van der Waals surface area (Å²) in [6, 6.07) is 0. The molecule has 0 radical (unpaired) electrons. The standard InChI is InChI=1S/C12H22N2O/c1-8-10(13-15)6-9-7-12(8,14(4)5)11(9,2)3/h8-9,15H,6-7H2,1-5H3. The van der Waals surface area contributed by atoms with Crippen molar-refractivity contribution in [2.75, 3.05) is 14.1 Å². The lowest BCUT2D eigenvalue weighted by molar-refractivity contribution is -0.163. The lowest BCUT2D eigenvalue weighted by Crippen LogP contribution is -2.75. The summed E-state index contributed by atoms with van der Waals surface area (Å²) in [4.78, 5) is 2.33. The van der Waals surface area contributed by atoms with E-state index in [9.17, 15) is 0 Å². The lowest BCUT2D eigenvalue weighted by Gasteiger charge is -2.70. The normalized spacial score (nSPS) is 45.6. The third-order valence-electron chi connectivity index (χ3n) is 5.29. The number of oxime groups is 1. The lowest BCUT2D eigenvalue weighted by atomic mass is 9.40. The zero-order valence-corrected chi connectivity index (χ0v) is 10.4. The zero-order valence-electron chi connectivity index (χ0n) is 10.4. The fourth-order valence-electron chi connectivity index (χ4n) is 4.16. The SMILES string of the molecule is CC1C(=NO)CC2CC1(N(C)C)C2(C)C. The second-order valence-electron chi connectivity index (χ2n) is 5.96. The Morgan fingerprint density at radius 2 is 2.00 bits per heavy atom. The molecule has 3 aliphatic carbocycles. The molecule has 0 aromatic heterocycles. The molecule has 0 saturated heterocycles. The van der Waals surface area contributed by atoms with Crippen LogP contribution in [0.5, 0.6) is 0 Å². The Morgan fingerprint density at radius 3 is 2.40 bits per heavy atom. The first kappa shape index (κ1) is 10.9. The first-order valence-electron chi connectivity index (χ1n) is 5.76. The van der Waals surface area contributed by atoms with Crippen LogP contribution in [0, 0.1) is 17.3 Å². The number of hydrogen-bond acceptors (Lipinski definition) is 3. The molecule has 2 bridgehead atoms. The molecule has 3 unspecified atom stereocenters.